The number of aliphatic carboxylic acids is 1. The summed E-state index contributed by atoms with van der Waals surface area (Å²) in [6, 6.07) is 16.1. The zero-order valence-electron chi connectivity index (χ0n) is 17.4. The van der Waals surface area contributed by atoms with E-state index in [4.69, 9.17) is 4.74 Å². The molecule has 3 rings (SSSR count). The van der Waals surface area contributed by atoms with Crippen LogP contribution in [0.4, 0.5) is 4.79 Å². The van der Waals surface area contributed by atoms with Crippen LogP contribution in [-0.4, -0.2) is 54.4 Å². The van der Waals surface area contributed by atoms with E-state index in [-0.39, 0.29) is 18.9 Å². The van der Waals surface area contributed by atoms with Gasteiger partial charge in [0.15, 0.2) is 0 Å². The van der Waals surface area contributed by atoms with Gasteiger partial charge in [0.25, 0.3) is 0 Å². The molecule has 30 heavy (non-hydrogen) atoms. The molecule has 0 saturated carbocycles. The number of hydrogen-bond acceptors (Lipinski definition) is 4. The maximum atomic E-state index is 12.5. The van der Waals surface area contributed by atoms with E-state index < -0.39 is 17.6 Å². The van der Waals surface area contributed by atoms with Gasteiger partial charge in [0.2, 0.25) is 0 Å². The lowest BCUT2D eigenvalue weighted by molar-refractivity contribution is -0.144. The van der Waals surface area contributed by atoms with E-state index in [0.717, 1.165) is 22.3 Å². The van der Waals surface area contributed by atoms with Gasteiger partial charge in [-0.25, -0.2) is 9.59 Å². The molecule has 1 aliphatic rings. The summed E-state index contributed by atoms with van der Waals surface area (Å²) in [4.78, 5) is 26.2. The molecule has 1 aliphatic carbocycles. The first-order chi connectivity index (χ1) is 14.4. The summed E-state index contributed by atoms with van der Waals surface area (Å²) < 4.78 is 5.50. The first-order valence-electron chi connectivity index (χ1n) is 10.0. The molecule has 2 aromatic rings. The number of carboxylic acids is 1. The fraction of sp³-hybridized carbons (Fsp3) is 0.333. The molecular weight excluding hydrogens is 380 g/mol. The zero-order valence-corrected chi connectivity index (χ0v) is 17.4. The molecule has 0 spiro atoms. The van der Waals surface area contributed by atoms with E-state index in [0.29, 0.717) is 13.1 Å². The van der Waals surface area contributed by atoms with Gasteiger partial charge in [-0.3, -0.25) is 0 Å². The zero-order chi connectivity index (χ0) is 21.7. The van der Waals surface area contributed by atoms with Crippen molar-refractivity contribution in [1.29, 1.82) is 0 Å². The minimum absolute atomic E-state index is 0.0713. The topological polar surface area (TPSA) is 78.9 Å². The maximum absolute atomic E-state index is 12.5. The third kappa shape index (κ3) is 4.54. The number of hydrogen-bond donors (Lipinski definition) is 2. The van der Waals surface area contributed by atoms with Crippen molar-refractivity contribution < 1.29 is 19.4 Å². The third-order valence-corrected chi connectivity index (χ3v) is 5.63. The quantitative estimate of drug-likeness (QED) is 0.616. The average Bonchev–Trinajstić information content (AvgIpc) is 3.05. The first kappa shape index (κ1) is 21.6. The molecule has 0 radical (unpaired) electrons. The Morgan fingerprint density at radius 2 is 1.73 bits per heavy atom. The molecule has 0 bridgehead atoms. The van der Waals surface area contributed by atoms with Gasteiger partial charge in [-0.05, 0) is 42.6 Å². The van der Waals surface area contributed by atoms with Crippen molar-refractivity contribution in [2.45, 2.75) is 24.8 Å². The van der Waals surface area contributed by atoms with Crippen LogP contribution in [0.1, 0.15) is 30.4 Å². The van der Waals surface area contributed by atoms with Crippen molar-refractivity contribution in [2.75, 3.05) is 26.7 Å². The number of carbonyl (C=O) groups excluding carboxylic acids is 1. The summed E-state index contributed by atoms with van der Waals surface area (Å²) >= 11 is 0. The van der Waals surface area contributed by atoms with Gasteiger partial charge >= 0.3 is 12.1 Å². The molecule has 0 aliphatic heterocycles. The summed E-state index contributed by atoms with van der Waals surface area (Å²) in [6.45, 7) is 6.46. The second-order valence-corrected chi connectivity index (χ2v) is 7.89. The molecule has 1 atom stereocenters. The molecule has 0 saturated heterocycles. The Hall–Kier alpha value is -3.12. The lowest BCUT2D eigenvalue weighted by Gasteiger charge is -2.28. The molecule has 0 unspecified atom stereocenters. The predicted molar refractivity (Wildman–Crippen MR) is 117 cm³/mol. The Labute approximate surface area is 177 Å². The Morgan fingerprint density at radius 1 is 1.17 bits per heavy atom. The molecule has 1 amide bonds. The van der Waals surface area contributed by atoms with Gasteiger partial charge in [-0.1, -0.05) is 54.6 Å². The van der Waals surface area contributed by atoms with E-state index in [1.165, 1.54) is 6.92 Å². The highest BCUT2D eigenvalue weighted by Crippen LogP contribution is 2.44. The van der Waals surface area contributed by atoms with Crippen molar-refractivity contribution in [3.05, 3.63) is 72.3 Å². The number of carbonyl (C=O) groups is 2. The van der Waals surface area contributed by atoms with Crippen LogP contribution < -0.4 is 5.32 Å². The minimum Gasteiger partial charge on any atom is -0.480 e. The van der Waals surface area contributed by atoms with Crippen LogP contribution in [0.2, 0.25) is 0 Å². The number of carboxylic acid groups (broad SMARTS) is 1. The van der Waals surface area contributed by atoms with E-state index in [9.17, 15) is 14.7 Å². The molecule has 6 nitrogen and oxygen atoms in total. The molecule has 2 aromatic carbocycles. The molecule has 0 fully saturated rings. The highest BCUT2D eigenvalue weighted by atomic mass is 16.5. The van der Waals surface area contributed by atoms with Crippen LogP contribution in [-0.2, 0) is 9.53 Å². The van der Waals surface area contributed by atoms with Crippen LogP contribution in [0, 0.1) is 0 Å². The van der Waals surface area contributed by atoms with Crippen LogP contribution >= 0.6 is 0 Å². The Kier molecular flexibility index (Phi) is 6.57. The van der Waals surface area contributed by atoms with Crippen LogP contribution in [0.5, 0.6) is 0 Å². The smallest absolute Gasteiger partial charge is 0.408 e. The van der Waals surface area contributed by atoms with E-state index in [2.05, 4.69) is 24.0 Å². The summed E-state index contributed by atoms with van der Waals surface area (Å²) in [6.07, 6.45) is 1.27. The highest BCUT2D eigenvalue weighted by Gasteiger charge is 2.36. The van der Waals surface area contributed by atoms with Gasteiger partial charge in [0.05, 0.1) is 0 Å². The molecule has 0 heterocycles. The summed E-state index contributed by atoms with van der Waals surface area (Å²) in [5, 5.41) is 12.2. The number of alkyl carbamates (subject to hydrolysis) is 1. The van der Waals surface area contributed by atoms with E-state index in [1.54, 1.807) is 6.08 Å². The Bertz CT molecular complexity index is 897. The number of nitrogens with one attached hydrogen (secondary N) is 1. The van der Waals surface area contributed by atoms with Crippen LogP contribution in [0.25, 0.3) is 11.1 Å². The monoisotopic (exact) mass is 408 g/mol. The lowest BCUT2D eigenvalue weighted by Crippen LogP contribution is -2.53. The molecule has 0 aromatic heterocycles. The number of fused-ring (bicyclic) bond motifs is 3. The second kappa shape index (κ2) is 9.13. The van der Waals surface area contributed by atoms with Crippen molar-refractivity contribution in [2.24, 2.45) is 0 Å². The van der Waals surface area contributed by atoms with Gasteiger partial charge in [0, 0.05) is 19.0 Å². The summed E-state index contributed by atoms with van der Waals surface area (Å²) in [5.41, 5.74) is 3.08. The SMILES string of the molecule is C=CCN(C)CC[C@@](C)(NC(=O)OCC1c2ccccc2-c2ccccc21)C(=O)O. The normalized spacial score (nSPS) is 14.5. The van der Waals surface area contributed by atoms with Gasteiger partial charge in [-0.15, -0.1) is 6.58 Å². The number of amides is 1. The van der Waals surface area contributed by atoms with Gasteiger partial charge < -0.3 is 20.1 Å². The van der Waals surface area contributed by atoms with Gasteiger partial charge in [-0.2, -0.15) is 0 Å². The highest BCUT2D eigenvalue weighted by molar-refractivity contribution is 5.84. The fourth-order valence-corrected chi connectivity index (χ4v) is 3.81. The van der Waals surface area contributed by atoms with Gasteiger partial charge in [0.1, 0.15) is 12.1 Å². The molecule has 2 N–H and O–H groups in total. The molecular formula is C24H28N2O4. The average molecular weight is 408 g/mol. The lowest BCUT2D eigenvalue weighted by atomic mass is 9.97. The number of ether oxygens (including phenoxy) is 1. The van der Waals surface area contributed by atoms with Crippen molar-refractivity contribution >= 4 is 12.1 Å². The van der Waals surface area contributed by atoms with Crippen molar-refractivity contribution in [3.63, 3.8) is 0 Å². The fourth-order valence-electron chi connectivity index (χ4n) is 3.81. The Morgan fingerprint density at radius 3 is 2.27 bits per heavy atom. The largest absolute Gasteiger partial charge is 0.480 e. The second-order valence-electron chi connectivity index (χ2n) is 7.89. The standard InChI is InChI=1S/C24H28N2O4/c1-4-14-26(3)15-13-24(2,22(27)28)25-23(29)30-16-21-19-11-7-5-9-17(19)18-10-6-8-12-20(18)21/h4-12,21H,1,13-16H2,2-3H3,(H,25,29)(H,27,28)/t24-/m1/s1. The summed E-state index contributed by atoms with van der Waals surface area (Å²) in [5.74, 6) is -1.17. The first-order valence-corrected chi connectivity index (χ1v) is 10.0. The summed E-state index contributed by atoms with van der Waals surface area (Å²) in [7, 11) is 1.87. The van der Waals surface area contributed by atoms with E-state index in [1.807, 2.05) is 48.3 Å². The molecule has 158 valence electrons. The maximum Gasteiger partial charge on any atom is 0.408 e. The number of rotatable bonds is 9. The Balaban J connectivity index is 1.66. The third-order valence-electron chi connectivity index (χ3n) is 5.63. The van der Waals surface area contributed by atoms with Crippen LogP contribution in [0.3, 0.4) is 0 Å². The van der Waals surface area contributed by atoms with Crippen molar-refractivity contribution in [3.8, 4) is 11.1 Å². The number of nitrogens with zero attached hydrogens (tertiary/aromatic N) is 1. The number of likely N-dealkylation sites (N-methyl/N-ethyl adjacent to an activating group) is 1. The minimum atomic E-state index is -1.42. The predicted octanol–water partition coefficient (Wildman–Crippen LogP) is 3.88. The van der Waals surface area contributed by atoms with Crippen LogP contribution in [0.15, 0.2) is 61.2 Å². The molecule has 6 heteroatoms. The van der Waals surface area contributed by atoms with E-state index >= 15 is 0 Å². The van der Waals surface area contributed by atoms with Crippen molar-refractivity contribution in [1.82, 2.24) is 10.2 Å². The number of benzene rings is 2.